The van der Waals surface area contributed by atoms with E-state index in [2.05, 4.69) is 67.8 Å². The van der Waals surface area contributed by atoms with Gasteiger partial charge in [-0.25, -0.2) is 0 Å². The number of amides is 1. The number of aliphatic hydroxyl groups excluding tert-OH is 5. The van der Waals surface area contributed by atoms with Crippen molar-refractivity contribution in [3.8, 4) is 0 Å². The molecule has 83 heavy (non-hydrogen) atoms. The Bertz CT molecular complexity index is 1560. The third kappa shape index (κ3) is 50.1. The van der Waals surface area contributed by atoms with Gasteiger partial charge in [-0.3, -0.25) is 9.59 Å². The highest BCUT2D eigenvalue weighted by molar-refractivity contribution is 5.76. The third-order valence-electron chi connectivity index (χ3n) is 16.3. The molecule has 0 spiro atoms. The molecule has 0 saturated carbocycles. The van der Waals surface area contributed by atoms with Gasteiger partial charge < -0.3 is 45.1 Å². The molecule has 7 atom stereocenters. The summed E-state index contributed by atoms with van der Waals surface area (Å²) in [6.45, 7) is 4.31. The van der Waals surface area contributed by atoms with Crippen molar-refractivity contribution in [2.24, 2.45) is 0 Å². The second-order valence-electron chi connectivity index (χ2n) is 24.2. The van der Waals surface area contributed by atoms with Gasteiger partial charge in [0.1, 0.15) is 24.4 Å². The van der Waals surface area contributed by atoms with Gasteiger partial charge in [0.25, 0.3) is 0 Å². The smallest absolute Gasteiger partial charge is 0.305 e. The number of unbranched alkanes of at least 4 members (excludes halogenated alkanes) is 39. The molecule has 6 N–H and O–H groups in total. The minimum Gasteiger partial charge on any atom is -0.466 e. The molecule has 0 aromatic rings. The highest BCUT2D eigenvalue weighted by Crippen LogP contribution is 2.23. The lowest BCUT2D eigenvalue weighted by molar-refractivity contribution is -0.302. The summed E-state index contributed by atoms with van der Waals surface area (Å²) >= 11 is 0. The zero-order valence-corrected chi connectivity index (χ0v) is 53.7. The fraction of sp³-hybridized carbons (Fsp3) is 0.833. The van der Waals surface area contributed by atoms with Crippen molar-refractivity contribution >= 4 is 11.9 Å². The van der Waals surface area contributed by atoms with Crippen LogP contribution >= 0.6 is 0 Å². The van der Waals surface area contributed by atoms with Gasteiger partial charge in [-0.2, -0.15) is 0 Å². The number of hydrogen-bond acceptors (Lipinski definition) is 10. The summed E-state index contributed by atoms with van der Waals surface area (Å²) in [7, 11) is 0. The van der Waals surface area contributed by atoms with Gasteiger partial charge in [-0.15, -0.1) is 0 Å². The number of allylic oxidation sites excluding steroid dienone is 9. The highest BCUT2D eigenvalue weighted by atomic mass is 16.7. The van der Waals surface area contributed by atoms with E-state index in [0.29, 0.717) is 19.4 Å². The second-order valence-corrected chi connectivity index (χ2v) is 24.2. The Balaban J connectivity index is 2.02. The average molecular weight is 1170 g/mol. The normalized spacial score (nSPS) is 18.5. The van der Waals surface area contributed by atoms with Crippen LogP contribution in [0.3, 0.4) is 0 Å². The van der Waals surface area contributed by atoms with Crippen LogP contribution in [0.15, 0.2) is 60.8 Å². The summed E-state index contributed by atoms with van der Waals surface area (Å²) in [6.07, 6.45) is 70.6. The van der Waals surface area contributed by atoms with Gasteiger partial charge in [0.2, 0.25) is 5.91 Å². The molecule has 0 aromatic heterocycles. The molecule has 1 heterocycles. The summed E-state index contributed by atoms with van der Waals surface area (Å²) in [5.41, 5.74) is 0. The topological polar surface area (TPSA) is 175 Å². The van der Waals surface area contributed by atoms with Crippen LogP contribution in [0.4, 0.5) is 0 Å². The molecule has 0 radical (unpaired) electrons. The average Bonchev–Trinajstić information content (AvgIpc) is 3.69. The van der Waals surface area contributed by atoms with E-state index in [0.717, 1.165) is 64.2 Å². The molecule has 0 bridgehead atoms. The molecule has 11 nitrogen and oxygen atoms in total. The van der Waals surface area contributed by atoms with E-state index in [1.807, 2.05) is 6.08 Å². The minimum absolute atomic E-state index is 0.00737. The predicted octanol–water partition coefficient (Wildman–Crippen LogP) is 17.7. The fourth-order valence-corrected chi connectivity index (χ4v) is 10.8. The van der Waals surface area contributed by atoms with Crippen molar-refractivity contribution in [1.82, 2.24) is 5.32 Å². The van der Waals surface area contributed by atoms with Crippen LogP contribution in [-0.2, 0) is 23.8 Å². The van der Waals surface area contributed by atoms with E-state index < -0.39 is 49.5 Å². The maximum absolute atomic E-state index is 13.1. The first-order valence-corrected chi connectivity index (χ1v) is 35.1. The number of carbonyl (C=O) groups excluding carboxylic acids is 2. The number of ether oxygens (including phenoxy) is 3. The quantitative estimate of drug-likeness (QED) is 0.0195. The Morgan fingerprint density at radius 2 is 0.819 bits per heavy atom. The van der Waals surface area contributed by atoms with E-state index in [-0.39, 0.29) is 18.5 Å². The Hall–Kier alpha value is -2.64. The van der Waals surface area contributed by atoms with Crippen LogP contribution < -0.4 is 5.32 Å². The van der Waals surface area contributed by atoms with Crippen molar-refractivity contribution in [3.05, 3.63) is 60.8 Å². The number of esters is 1. The van der Waals surface area contributed by atoms with E-state index in [9.17, 15) is 35.1 Å². The van der Waals surface area contributed by atoms with E-state index in [1.54, 1.807) is 6.08 Å². The monoisotopic (exact) mass is 1170 g/mol. The number of aliphatic hydroxyl groups is 5. The van der Waals surface area contributed by atoms with Crippen molar-refractivity contribution in [3.63, 3.8) is 0 Å². The maximum Gasteiger partial charge on any atom is 0.305 e. The molecule has 1 rings (SSSR count). The highest BCUT2D eigenvalue weighted by Gasteiger charge is 2.44. The summed E-state index contributed by atoms with van der Waals surface area (Å²) in [5.74, 6) is -0.200. The molecule has 1 fully saturated rings. The van der Waals surface area contributed by atoms with Crippen LogP contribution in [0, 0.1) is 0 Å². The molecule has 1 aliphatic rings. The van der Waals surface area contributed by atoms with Gasteiger partial charge in [0, 0.05) is 12.8 Å². The van der Waals surface area contributed by atoms with E-state index in [4.69, 9.17) is 14.2 Å². The maximum atomic E-state index is 13.1. The van der Waals surface area contributed by atoms with Crippen LogP contribution in [0.5, 0.6) is 0 Å². The standard InChI is InChI=1S/C72H131NO10/c1-3-5-7-9-11-13-15-17-35-38-42-46-50-54-58-65(75)64(63-82-72-71(80)70(79)69(78)66(62-74)83-72)73-67(76)59-55-51-47-43-39-36-33-31-29-27-25-23-21-19-18-20-22-24-26-28-30-32-34-37-41-45-49-53-57-61-81-68(77)60-56-52-48-44-40-16-14-12-10-8-6-4-2/h12,14,18,20,24,26,38,42,54,58,64-66,69-72,74-75,78-80H,3-11,13,15-17,19,21-23,25,27-37,39-41,43-53,55-57,59-63H2,1-2H3,(H,73,76)/b14-12-,20-18-,26-24-,42-38+,58-54+. The molecule has 0 aromatic carbocycles. The van der Waals surface area contributed by atoms with Crippen LogP contribution in [0.25, 0.3) is 0 Å². The van der Waals surface area contributed by atoms with E-state index >= 15 is 0 Å². The molecule has 11 heteroatoms. The van der Waals surface area contributed by atoms with Gasteiger partial charge in [0.05, 0.1) is 32.0 Å². The van der Waals surface area contributed by atoms with Crippen molar-refractivity contribution in [2.75, 3.05) is 19.8 Å². The summed E-state index contributed by atoms with van der Waals surface area (Å²) < 4.78 is 16.7. The molecule has 1 aliphatic heterocycles. The lowest BCUT2D eigenvalue weighted by Crippen LogP contribution is -2.60. The number of nitrogens with one attached hydrogen (secondary N) is 1. The zero-order chi connectivity index (χ0) is 60.2. The van der Waals surface area contributed by atoms with Gasteiger partial charge in [0.15, 0.2) is 6.29 Å². The second kappa shape index (κ2) is 61.0. The summed E-state index contributed by atoms with van der Waals surface area (Å²) in [4.78, 5) is 25.1. The first kappa shape index (κ1) is 78.4. The minimum atomic E-state index is -1.58. The molecule has 1 saturated heterocycles. The van der Waals surface area contributed by atoms with Gasteiger partial charge >= 0.3 is 5.97 Å². The Morgan fingerprint density at radius 1 is 0.446 bits per heavy atom. The van der Waals surface area contributed by atoms with E-state index in [1.165, 1.54) is 231 Å². The Morgan fingerprint density at radius 3 is 1.29 bits per heavy atom. The zero-order valence-electron chi connectivity index (χ0n) is 53.7. The number of carbonyl (C=O) groups is 2. The lowest BCUT2D eigenvalue weighted by atomic mass is 9.99. The molecule has 484 valence electrons. The number of hydrogen-bond donors (Lipinski definition) is 6. The predicted molar refractivity (Wildman–Crippen MR) is 347 cm³/mol. The molecule has 0 aliphatic carbocycles. The lowest BCUT2D eigenvalue weighted by Gasteiger charge is -2.40. The van der Waals surface area contributed by atoms with Gasteiger partial charge in [-0.1, -0.05) is 267 Å². The molecular formula is C72H131NO10. The van der Waals surface area contributed by atoms with Crippen LogP contribution in [0.1, 0.15) is 322 Å². The summed E-state index contributed by atoms with van der Waals surface area (Å²) in [6, 6.07) is -0.830. The third-order valence-corrected chi connectivity index (χ3v) is 16.3. The first-order valence-electron chi connectivity index (χ1n) is 35.1. The molecular weight excluding hydrogens is 1040 g/mol. The Labute approximate surface area is 509 Å². The van der Waals surface area contributed by atoms with Gasteiger partial charge in [-0.05, 0) is 103 Å². The van der Waals surface area contributed by atoms with Crippen LogP contribution in [0.2, 0.25) is 0 Å². The fourth-order valence-electron chi connectivity index (χ4n) is 10.8. The Kier molecular flexibility index (Phi) is 57.6. The number of rotatable bonds is 61. The largest absolute Gasteiger partial charge is 0.466 e. The van der Waals surface area contributed by atoms with Crippen molar-refractivity contribution in [1.29, 1.82) is 0 Å². The molecule has 7 unspecified atom stereocenters. The van der Waals surface area contributed by atoms with Crippen LogP contribution in [-0.4, -0.2) is 100 Å². The van der Waals surface area contributed by atoms with Crippen molar-refractivity contribution < 1.29 is 49.3 Å². The summed E-state index contributed by atoms with van der Waals surface area (Å²) in [5, 5.41) is 54.5. The van der Waals surface area contributed by atoms with Crippen molar-refractivity contribution in [2.45, 2.75) is 365 Å². The molecule has 1 amide bonds. The SMILES string of the molecule is CCCCC/C=C\CCCCCCCC(=O)OCCCCCCCCCCC/C=C\C/C=C\CCCCCCCCCCCCCCCC(=O)NC(COC1OC(CO)C(O)C(O)C1O)C(O)/C=C/CC/C=C/CCCCCCCCCC. The first-order chi connectivity index (χ1) is 40.7.